The molecule has 0 heterocycles. The van der Waals surface area contributed by atoms with Crippen LogP contribution in [0.15, 0.2) is 36.1 Å². The number of aliphatic hydroxyl groups is 1. The summed E-state index contributed by atoms with van der Waals surface area (Å²) in [5, 5.41) is 10.4. The van der Waals surface area contributed by atoms with E-state index in [1.165, 1.54) is 24.0 Å². The average Bonchev–Trinajstić information content (AvgIpc) is 2.51. The second kappa shape index (κ2) is 9.14. The van der Waals surface area contributed by atoms with Crippen LogP contribution in [0.2, 0.25) is 0 Å². The first-order valence-corrected chi connectivity index (χ1v) is 9.04. The number of hydroxylamine groups is 2. The Morgan fingerprint density at radius 2 is 1.92 bits per heavy atom. The number of rotatable bonds is 8. The number of carbonyl (C=O) groups is 2. The molecule has 1 aromatic carbocycles. The molecule has 0 radical (unpaired) electrons. The first-order chi connectivity index (χ1) is 11.6. The van der Waals surface area contributed by atoms with Gasteiger partial charge in [0.25, 0.3) is 11.8 Å². The van der Waals surface area contributed by atoms with E-state index in [1.54, 1.807) is 12.1 Å². The highest BCUT2D eigenvalue weighted by Crippen LogP contribution is 2.07. The molecule has 0 unspecified atom stereocenters. The molecular formula is C15H19FN2O6S. The smallest absolute Gasteiger partial charge is 0.299 e. The molecule has 0 aliphatic carbocycles. The van der Waals surface area contributed by atoms with Crippen LogP contribution in [0.4, 0.5) is 4.39 Å². The van der Waals surface area contributed by atoms with Crippen LogP contribution in [0.3, 0.4) is 0 Å². The van der Waals surface area contributed by atoms with Crippen LogP contribution in [-0.2, 0) is 30.9 Å². The van der Waals surface area contributed by atoms with Gasteiger partial charge < -0.3 is 5.11 Å². The molecule has 0 saturated heterocycles. The molecule has 25 heavy (non-hydrogen) atoms. The van der Waals surface area contributed by atoms with Crippen LogP contribution in [0.1, 0.15) is 12.0 Å². The number of hydrogen-bond donors (Lipinski definition) is 2. The maximum atomic E-state index is 12.8. The highest BCUT2D eigenvalue weighted by Gasteiger charge is 2.17. The summed E-state index contributed by atoms with van der Waals surface area (Å²) in [6.07, 6.45) is 2.33. The minimum absolute atomic E-state index is 0.143. The van der Waals surface area contributed by atoms with E-state index >= 15 is 0 Å². The van der Waals surface area contributed by atoms with Crippen molar-refractivity contribution in [3.63, 3.8) is 0 Å². The van der Waals surface area contributed by atoms with Crippen molar-refractivity contribution < 1.29 is 32.3 Å². The predicted molar refractivity (Wildman–Crippen MR) is 87.1 cm³/mol. The van der Waals surface area contributed by atoms with Gasteiger partial charge in [0.1, 0.15) is 5.82 Å². The Balaban J connectivity index is 2.59. The number of nitrogens with zero attached hydrogens (tertiary/aromatic N) is 1. The lowest BCUT2D eigenvalue weighted by molar-refractivity contribution is -0.170. The van der Waals surface area contributed by atoms with E-state index in [9.17, 15) is 27.5 Å². The van der Waals surface area contributed by atoms with Crippen LogP contribution in [0.5, 0.6) is 0 Å². The van der Waals surface area contributed by atoms with E-state index in [1.807, 2.05) is 0 Å². The van der Waals surface area contributed by atoms with Crippen molar-refractivity contribution in [2.75, 3.05) is 19.9 Å². The van der Waals surface area contributed by atoms with Crippen molar-refractivity contribution in [1.82, 2.24) is 9.79 Å². The van der Waals surface area contributed by atoms with Crippen LogP contribution in [-0.4, -0.2) is 50.3 Å². The summed E-state index contributed by atoms with van der Waals surface area (Å²) in [6, 6.07) is 5.90. The maximum Gasteiger partial charge on any atom is 0.299 e. The summed E-state index contributed by atoms with van der Waals surface area (Å²) in [5.41, 5.74) is 0.871. The lowest BCUT2D eigenvalue weighted by Crippen LogP contribution is -2.33. The molecule has 138 valence electrons. The highest BCUT2D eigenvalue weighted by atomic mass is 32.2. The summed E-state index contributed by atoms with van der Waals surface area (Å²) >= 11 is 0. The van der Waals surface area contributed by atoms with Crippen LogP contribution in [0, 0.1) is 5.82 Å². The fourth-order valence-electron chi connectivity index (χ4n) is 1.84. The molecular weight excluding hydrogens is 355 g/mol. The van der Waals surface area contributed by atoms with Crippen LogP contribution >= 0.6 is 0 Å². The second-order valence-electron chi connectivity index (χ2n) is 5.09. The molecule has 8 nitrogen and oxygen atoms in total. The van der Waals surface area contributed by atoms with E-state index in [2.05, 4.69) is 0 Å². The Morgan fingerprint density at radius 3 is 2.44 bits per heavy atom. The lowest BCUT2D eigenvalue weighted by atomic mass is 10.1. The number of aliphatic hydroxyl groups excluding tert-OH is 1. The summed E-state index contributed by atoms with van der Waals surface area (Å²) in [6.45, 7) is 0.143. The molecule has 0 aliphatic rings. The van der Waals surface area contributed by atoms with Crippen molar-refractivity contribution in [3.05, 3.63) is 47.5 Å². The van der Waals surface area contributed by atoms with Gasteiger partial charge in [0, 0.05) is 6.54 Å². The van der Waals surface area contributed by atoms with Gasteiger partial charge >= 0.3 is 0 Å². The molecule has 0 spiro atoms. The van der Waals surface area contributed by atoms with Crippen LogP contribution < -0.4 is 4.72 Å². The molecule has 0 saturated carbocycles. The third-order valence-electron chi connectivity index (χ3n) is 2.98. The zero-order valence-corrected chi connectivity index (χ0v) is 14.5. The number of benzene rings is 1. The van der Waals surface area contributed by atoms with Crippen molar-refractivity contribution in [1.29, 1.82) is 0 Å². The quantitative estimate of drug-likeness (QED) is 0.393. The normalized spacial score (nSPS) is 11.9. The molecule has 2 amide bonds. The molecule has 1 rings (SSSR count). The molecule has 0 atom stereocenters. The van der Waals surface area contributed by atoms with E-state index in [0.717, 1.165) is 16.9 Å². The minimum atomic E-state index is -3.86. The van der Waals surface area contributed by atoms with Gasteiger partial charge in [0.15, 0.2) is 5.76 Å². The summed E-state index contributed by atoms with van der Waals surface area (Å²) < 4.78 is 36.1. The number of nitrogens with one attached hydrogen (secondary N) is 1. The first-order valence-electron chi connectivity index (χ1n) is 7.15. The summed E-state index contributed by atoms with van der Waals surface area (Å²) in [7, 11) is -2.63. The van der Waals surface area contributed by atoms with Gasteiger partial charge in [-0.1, -0.05) is 12.1 Å². The van der Waals surface area contributed by atoms with Gasteiger partial charge in [0.2, 0.25) is 10.0 Å². The van der Waals surface area contributed by atoms with Gasteiger partial charge in [0.05, 0.1) is 19.4 Å². The molecule has 0 fully saturated rings. The molecule has 0 bridgehead atoms. The fraction of sp³-hybridized carbons (Fsp3) is 0.333. The molecule has 0 aliphatic heterocycles. The molecule has 1 aromatic rings. The van der Waals surface area contributed by atoms with E-state index in [-0.39, 0.29) is 12.4 Å². The van der Waals surface area contributed by atoms with Gasteiger partial charge in [-0.25, -0.2) is 22.6 Å². The number of aryl methyl sites for hydroxylation is 1. The number of amides is 2. The number of hydrogen-bond acceptors (Lipinski definition) is 6. The number of carbonyl (C=O) groups excluding carboxylic acids is 2. The zero-order chi connectivity index (χ0) is 19.0. The topological polar surface area (TPSA) is 113 Å². The molecule has 0 aromatic heterocycles. The number of sulfonamides is 1. The van der Waals surface area contributed by atoms with Gasteiger partial charge in [-0.3, -0.25) is 14.4 Å². The van der Waals surface area contributed by atoms with Gasteiger partial charge in [-0.2, -0.15) is 0 Å². The Bertz CT molecular complexity index is 746. The Labute approximate surface area is 144 Å². The maximum absolute atomic E-state index is 12.8. The highest BCUT2D eigenvalue weighted by molar-refractivity contribution is 7.89. The van der Waals surface area contributed by atoms with Crippen molar-refractivity contribution in [2.45, 2.75) is 12.8 Å². The third-order valence-corrected chi connectivity index (χ3v) is 3.53. The zero-order valence-electron chi connectivity index (χ0n) is 13.7. The summed E-state index contributed by atoms with van der Waals surface area (Å²) in [5.74, 6) is -3.55. The lowest BCUT2D eigenvalue weighted by Gasteiger charge is -2.18. The van der Waals surface area contributed by atoms with Crippen molar-refractivity contribution >= 4 is 21.8 Å². The monoisotopic (exact) mass is 374 g/mol. The second-order valence-corrected chi connectivity index (χ2v) is 6.83. The van der Waals surface area contributed by atoms with E-state index in [4.69, 9.17) is 4.84 Å². The molecule has 10 heteroatoms. The van der Waals surface area contributed by atoms with E-state index in [0.29, 0.717) is 18.9 Å². The van der Waals surface area contributed by atoms with Gasteiger partial charge in [-0.15, -0.1) is 0 Å². The van der Waals surface area contributed by atoms with Crippen molar-refractivity contribution in [3.8, 4) is 0 Å². The number of halogens is 1. The third kappa shape index (κ3) is 7.77. The summed E-state index contributed by atoms with van der Waals surface area (Å²) in [4.78, 5) is 28.2. The van der Waals surface area contributed by atoms with Crippen molar-refractivity contribution in [2.24, 2.45) is 0 Å². The Morgan fingerprint density at radius 1 is 1.32 bits per heavy atom. The Kier molecular flexibility index (Phi) is 7.52. The average molecular weight is 374 g/mol. The van der Waals surface area contributed by atoms with Gasteiger partial charge in [-0.05, 0) is 30.5 Å². The standard InChI is InChI=1S/C15H19FN2O6S/c1-24-18(9-3-4-11-5-7-12(16)8-6-11)14(20)10-13(19)15(21)17-25(2,22)23/h5-8,10,19H,3-4,9H2,1-2H3,(H,17,21). The fourth-order valence-corrected chi connectivity index (χ4v) is 2.29. The minimum Gasteiger partial charge on any atom is -0.503 e. The molecule has 2 N–H and O–H groups in total. The SMILES string of the molecule is CON(CCCc1ccc(F)cc1)C(=O)C=C(O)C(=O)NS(C)(=O)=O. The van der Waals surface area contributed by atoms with E-state index < -0.39 is 27.6 Å². The van der Waals surface area contributed by atoms with Crippen LogP contribution in [0.25, 0.3) is 0 Å². The predicted octanol–water partition coefficient (Wildman–Crippen LogP) is 0.666. The Hall–Kier alpha value is -2.46. The largest absolute Gasteiger partial charge is 0.503 e. The first kappa shape index (κ1) is 20.6.